The summed E-state index contributed by atoms with van der Waals surface area (Å²) in [4.78, 5) is 4.82. The van der Waals surface area contributed by atoms with Gasteiger partial charge in [-0.05, 0) is 37.2 Å². The van der Waals surface area contributed by atoms with Crippen LogP contribution in [0.25, 0.3) is 0 Å². The van der Waals surface area contributed by atoms with Gasteiger partial charge in [0.05, 0.1) is 0 Å². The van der Waals surface area contributed by atoms with Gasteiger partial charge in [0.25, 0.3) is 0 Å². The molecule has 0 bridgehead atoms. The molecule has 90 valence electrons. The van der Waals surface area contributed by atoms with Gasteiger partial charge in [0.1, 0.15) is 12.1 Å². The number of aromatic amines is 1. The highest BCUT2D eigenvalue weighted by Gasteiger charge is 2.12. The molecule has 1 atom stereocenters. The Balaban J connectivity index is 2.29. The summed E-state index contributed by atoms with van der Waals surface area (Å²) in [6, 6.07) is 4.90. The second kappa shape index (κ2) is 5.29. The monoisotopic (exact) mass is 252 g/mol. The summed E-state index contributed by atoms with van der Waals surface area (Å²) >= 11 is 1.35. The van der Waals surface area contributed by atoms with Crippen molar-refractivity contribution < 1.29 is 4.39 Å². The molecule has 0 fully saturated rings. The van der Waals surface area contributed by atoms with Crippen LogP contribution in [0.5, 0.6) is 0 Å². The van der Waals surface area contributed by atoms with E-state index in [1.807, 2.05) is 13.0 Å². The molecule has 0 aliphatic rings. The van der Waals surface area contributed by atoms with Gasteiger partial charge in [-0.15, -0.1) is 0 Å². The fourth-order valence-electron chi connectivity index (χ4n) is 1.50. The summed E-state index contributed by atoms with van der Waals surface area (Å²) in [6.07, 6.45) is 1.93. The van der Waals surface area contributed by atoms with Crippen LogP contribution in [0, 0.1) is 5.82 Å². The van der Waals surface area contributed by atoms with Gasteiger partial charge in [0.2, 0.25) is 0 Å². The molecule has 0 saturated carbocycles. The number of nitrogens with two attached hydrogens (primary N) is 1. The standard InChI is InChI=1S/C11H13FN4S/c1-7(13)5-8-9(12)3-2-4-10(8)17-11-14-6-15-16-11/h2-4,6-7H,5,13H2,1H3,(H,14,15,16). The summed E-state index contributed by atoms with van der Waals surface area (Å²) in [5.41, 5.74) is 6.35. The molecule has 0 saturated heterocycles. The Bertz CT molecular complexity index is 484. The first-order valence-electron chi connectivity index (χ1n) is 5.23. The molecule has 0 amide bonds. The van der Waals surface area contributed by atoms with Crippen molar-refractivity contribution in [2.24, 2.45) is 5.73 Å². The van der Waals surface area contributed by atoms with Crippen LogP contribution in [0.4, 0.5) is 4.39 Å². The predicted octanol–water partition coefficient (Wildman–Crippen LogP) is 1.98. The Morgan fingerprint density at radius 1 is 1.53 bits per heavy atom. The highest BCUT2D eigenvalue weighted by molar-refractivity contribution is 7.99. The van der Waals surface area contributed by atoms with Crippen LogP contribution < -0.4 is 5.73 Å². The molecule has 17 heavy (non-hydrogen) atoms. The minimum absolute atomic E-state index is 0.0824. The zero-order valence-electron chi connectivity index (χ0n) is 9.35. The van der Waals surface area contributed by atoms with E-state index < -0.39 is 0 Å². The van der Waals surface area contributed by atoms with Gasteiger partial charge >= 0.3 is 0 Å². The molecular weight excluding hydrogens is 239 g/mol. The minimum atomic E-state index is -0.230. The lowest BCUT2D eigenvalue weighted by Gasteiger charge is -2.11. The molecular formula is C11H13FN4S. The van der Waals surface area contributed by atoms with Gasteiger partial charge in [-0.1, -0.05) is 6.07 Å². The van der Waals surface area contributed by atoms with Crippen LogP contribution >= 0.6 is 11.8 Å². The third-order valence-electron chi connectivity index (χ3n) is 2.20. The lowest BCUT2D eigenvalue weighted by atomic mass is 10.1. The summed E-state index contributed by atoms with van der Waals surface area (Å²) in [5.74, 6) is -0.230. The van der Waals surface area contributed by atoms with Crippen LogP contribution in [-0.2, 0) is 6.42 Å². The zero-order valence-corrected chi connectivity index (χ0v) is 10.2. The number of rotatable bonds is 4. The van der Waals surface area contributed by atoms with Crippen molar-refractivity contribution in [1.29, 1.82) is 0 Å². The van der Waals surface area contributed by atoms with Crippen molar-refractivity contribution in [2.75, 3.05) is 0 Å². The number of nitrogens with one attached hydrogen (secondary N) is 1. The summed E-state index contributed by atoms with van der Waals surface area (Å²) in [7, 11) is 0. The van der Waals surface area contributed by atoms with Crippen LogP contribution in [0.15, 0.2) is 34.6 Å². The molecule has 4 nitrogen and oxygen atoms in total. The van der Waals surface area contributed by atoms with Gasteiger partial charge in [-0.3, -0.25) is 5.10 Å². The average Bonchev–Trinajstić information content (AvgIpc) is 2.75. The van der Waals surface area contributed by atoms with Crippen molar-refractivity contribution in [1.82, 2.24) is 15.2 Å². The van der Waals surface area contributed by atoms with Crippen LogP contribution in [0.3, 0.4) is 0 Å². The minimum Gasteiger partial charge on any atom is -0.328 e. The van der Waals surface area contributed by atoms with Gasteiger partial charge in [0, 0.05) is 16.5 Å². The van der Waals surface area contributed by atoms with E-state index in [0.29, 0.717) is 17.1 Å². The first-order valence-corrected chi connectivity index (χ1v) is 6.04. The maximum Gasteiger partial charge on any atom is 0.188 e. The SMILES string of the molecule is CC(N)Cc1c(F)cccc1Sc1ncn[nH]1. The third kappa shape index (κ3) is 3.04. The van der Waals surface area contributed by atoms with E-state index in [4.69, 9.17) is 5.73 Å². The highest BCUT2D eigenvalue weighted by Crippen LogP contribution is 2.29. The molecule has 0 radical (unpaired) electrons. The van der Waals surface area contributed by atoms with Crippen molar-refractivity contribution in [3.05, 3.63) is 35.9 Å². The van der Waals surface area contributed by atoms with Crippen LogP contribution in [0.1, 0.15) is 12.5 Å². The zero-order chi connectivity index (χ0) is 12.3. The lowest BCUT2D eigenvalue weighted by molar-refractivity contribution is 0.588. The first kappa shape index (κ1) is 12.1. The maximum atomic E-state index is 13.7. The molecule has 1 unspecified atom stereocenters. The molecule has 3 N–H and O–H groups in total. The lowest BCUT2D eigenvalue weighted by Crippen LogP contribution is -2.19. The third-order valence-corrected chi connectivity index (χ3v) is 3.19. The number of benzene rings is 1. The molecule has 6 heteroatoms. The normalized spacial score (nSPS) is 12.6. The topological polar surface area (TPSA) is 67.6 Å². The average molecular weight is 252 g/mol. The van der Waals surface area contributed by atoms with Crippen molar-refractivity contribution in [2.45, 2.75) is 29.4 Å². The van der Waals surface area contributed by atoms with E-state index in [1.165, 1.54) is 24.2 Å². The van der Waals surface area contributed by atoms with Crippen molar-refractivity contribution in [3.63, 3.8) is 0 Å². The fourth-order valence-corrected chi connectivity index (χ4v) is 2.36. The Hall–Kier alpha value is -1.40. The van der Waals surface area contributed by atoms with Gasteiger partial charge in [-0.25, -0.2) is 9.37 Å². The summed E-state index contributed by atoms with van der Waals surface area (Å²) in [6.45, 7) is 1.86. The number of aromatic nitrogens is 3. The molecule has 2 rings (SSSR count). The number of hydrogen-bond donors (Lipinski definition) is 2. The van der Waals surface area contributed by atoms with Crippen molar-refractivity contribution >= 4 is 11.8 Å². The maximum absolute atomic E-state index is 13.7. The Kier molecular flexibility index (Phi) is 3.75. The number of nitrogens with zero attached hydrogens (tertiary/aromatic N) is 2. The van der Waals surface area contributed by atoms with E-state index in [1.54, 1.807) is 6.07 Å². The van der Waals surface area contributed by atoms with Crippen LogP contribution in [0.2, 0.25) is 0 Å². The van der Waals surface area contributed by atoms with E-state index >= 15 is 0 Å². The summed E-state index contributed by atoms with van der Waals surface area (Å²) < 4.78 is 13.7. The second-order valence-corrected chi connectivity index (χ2v) is 4.82. The van der Waals surface area contributed by atoms with E-state index in [0.717, 1.165) is 4.90 Å². The number of H-pyrrole nitrogens is 1. The Morgan fingerprint density at radius 3 is 3.00 bits per heavy atom. The second-order valence-electron chi connectivity index (χ2n) is 3.79. The Labute approximate surface area is 103 Å². The molecule has 0 spiro atoms. The summed E-state index contributed by atoms with van der Waals surface area (Å²) in [5, 5.41) is 7.13. The van der Waals surface area contributed by atoms with Gasteiger partial charge in [0.15, 0.2) is 5.16 Å². The van der Waals surface area contributed by atoms with Crippen LogP contribution in [-0.4, -0.2) is 21.2 Å². The van der Waals surface area contributed by atoms with Crippen molar-refractivity contribution in [3.8, 4) is 0 Å². The quantitative estimate of drug-likeness (QED) is 0.873. The fraction of sp³-hybridized carbons (Fsp3) is 0.273. The first-order chi connectivity index (χ1) is 8.16. The van der Waals surface area contributed by atoms with E-state index in [9.17, 15) is 4.39 Å². The molecule has 2 aromatic rings. The van der Waals surface area contributed by atoms with E-state index in [-0.39, 0.29) is 11.9 Å². The highest BCUT2D eigenvalue weighted by atomic mass is 32.2. The molecule has 0 aliphatic carbocycles. The van der Waals surface area contributed by atoms with Gasteiger partial charge in [-0.2, -0.15) is 5.10 Å². The van der Waals surface area contributed by atoms with E-state index in [2.05, 4.69) is 15.2 Å². The largest absolute Gasteiger partial charge is 0.328 e. The Morgan fingerprint density at radius 2 is 2.35 bits per heavy atom. The smallest absolute Gasteiger partial charge is 0.188 e. The molecule has 1 heterocycles. The molecule has 0 aliphatic heterocycles. The number of hydrogen-bond acceptors (Lipinski definition) is 4. The molecule has 1 aromatic carbocycles. The number of halogens is 1. The van der Waals surface area contributed by atoms with Gasteiger partial charge < -0.3 is 5.73 Å². The predicted molar refractivity (Wildman–Crippen MR) is 64.3 cm³/mol. The molecule has 1 aromatic heterocycles.